The van der Waals surface area contributed by atoms with Crippen LogP contribution >= 0.6 is 0 Å². The molecule has 0 radical (unpaired) electrons. The molecule has 0 amide bonds. The van der Waals surface area contributed by atoms with Crippen molar-refractivity contribution in [2.75, 3.05) is 18.0 Å². The normalized spacial score (nSPS) is 22.6. The van der Waals surface area contributed by atoms with E-state index in [0.717, 1.165) is 35.6 Å². The zero-order valence-electron chi connectivity index (χ0n) is 28.4. The van der Waals surface area contributed by atoms with Crippen LogP contribution in [-0.2, 0) is 20.4 Å². The van der Waals surface area contributed by atoms with Crippen LogP contribution in [0.25, 0.3) is 0 Å². The highest BCUT2D eigenvalue weighted by Gasteiger charge is 2.49. The average Bonchev–Trinajstić information content (AvgIpc) is 3.28. The first kappa shape index (κ1) is 34.0. The van der Waals surface area contributed by atoms with Crippen LogP contribution in [0.5, 0.6) is 0 Å². The molecule has 6 heteroatoms. The predicted octanol–water partition coefficient (Wildman–Crippen LogP) is 8.64. The molecule has 0 spiro atoms. The second-order valence-electron chi connectivity index (χ2n) is 15.4. The Labute approximate surface area is 269 Å². The summed E-state index contributed by atoms with van der Waals surface area (Å²) in [6.07, 6.45) is 12.4. The van der Waals surface area contributed by atoms with E-state index in [1.165, 1.54) is 11.1 Å². The molecule has 4 rings (SSSR count). The fraction of sp³-hybridized carbons (Fsp3) is 0.462. The number of rotatable bonds is 11. The Bertz CT molecular complexity index is 1570. The van der Waals surface area contributed by atoms with Gasteiger partial charge in [-0.3, -0.25) is 9.59 Å². The molecule has 2 aromatic rings. The Morgan fingerprint density at radius 1 is 0.778 bits per heavy atom. The van der Waals surface area contributed by atoms with E-state index >= 15 is 0 Å². The maximum absolute atomic E-state index is 11.6. The van der Waals surface area contributed by atoms with Crippen LogP contribution in [0.3, 0.4) is 0 Å². The summed E-state index contributed by atoms with van der Waals surface area (Å²) >= 11 is 0. The Kier molecular flexibility index (Phi) is 9.67. The quantitative estimate of drug-likeness (QED) is 0.196. The fourth-order valence-corrected chi connectivity index (χ4v) is 7.78. The van der Waals surface area contributed by atoms with Gasteiger partial charge < -0.3 is 15.1 Å². The van der Waals surface area contributed by atoms with E-state index in [4.69, 9.17) is 0 Å². The van der Waals surface area contributed by atoms with E-state index in [2.05, 4.69) is 126 Å². The van der Waals surface area contributed by atoms with Crippen molar-refractivity contribution in [2.45, 2.75) is 91.9 Å². The van der Waals surface area contributed by atoms with Gasteiger partial charge in [0.15, 0.2) is 12.3 Å². The van der Waals surface area contributed by atoms with E-state index in [9.17, 15) is 19.8 Å². The summed E-state index contributed by atoms with van der Waals surface area (Å²) in [7, 11) is 0. The monoisotopic (exact) mass is 611 g/mol. The summed E-state index contributed by atoms with van der Waals surface area (Å²) in [6.45, 7) is 18.8. The number of allylic oxidation sites excluding steroid dienone is 6. The van der Waals surface area contributed by atoms with Gasteiger partial charge >= 0.3 is 11.9 Å². The van der Waals surface area contributed by atoms with Gasteiger partial charge in [-0.2, -0.15) is 4.58 Å². The second kappa shape index (κ2) is 12.8. The number of hydrogen-bond acceptors (Lipinski definition) is 3. The van der Waals surface area contributed by atoms with Crippen molar-refractivity contribution in [2.24, 2.45) is 10.8 Å². The number of anilines is 1. The Morgan fingerprint density at radius 2 is 1.36 bits per heavy atom. The Balaban J connectivity index is 1.76. The Hall–Kier alpha value is -3.93. The lowest BCUT2D eigenvalue weighted by molar-refractivity contribution is -0.436. The third-order valence-electron chi connectivity index (χ3n) is 8.89. The third-order valence-corrected chi connectivity index (χ3v) is 8.89. The van der Waals surface area contributed by atoms with Crippen LogP contribution in [0.4, 0.5) is 11.4 Å². The van der Waals surface area contributed by atoms with Crippen LogP contribution in [0.15, 0.2) is 84.6 Å². The number of carboxylic acids is 2. The van der Waals surface area contributed by atoms with Gasteiger partial charge in [0.1, 0.15) is 6.42 Å². The second-order valence-corrected chi connectivity index (χ2v) is 15.4. The molecular formula is C39H51N2O4+. The highest BCUT2D eigenvalue weighted by molar-refractivity contribution is 6.03. The van der Waals surface area contributed by atoms with Gasteiger partial charge in [-0.25, -0.2) is 0 Å². The SMILES string of the molecule is CC(C)(C)CC1(C)C(/C=C/C=C/C=C2/N(CCC(=O)O)c3ccccc3C2(C)CC(C)(C)C)=[N+](CCC(=O)O)c2ccccc21. The molecule has 0 bridgehead atoms. The molecule has 2 N–H and O–H groups in total. The third kappa shape index (κ3) is 7.49. The fourth-order valence-electron chi connectivity index (χ4n) is 7.78. The zero-order valence-corrected chi connectivity index (χ0v) is 28.4. The molecule has 0 saturated heterocycles. The number of carboxylic acid groups (broad SMARTS) is 2. The maximum atomic E-state index is 11.6. The van der Waals surface area contributed by atoms with Gasteiger partial charge in [-0.05, 0) is 55.2 Å². The van der Waals surface area contributed by atoms with E-state index in [1.807, 2.05) is 18.2 Å². The van der Waals surface area contributed by atoms with Crippen LogP contribution in [0.1, 0.15) is 92.2 Å². The van der Waals surface area contributed by atoms with Gasteiger partial charge in [0.05, 0.1) is 11.8 Å². The summed E-state index contributed by atoms with van der Waals surface area (Å²) in [6, 6.07) is 16.7. The molecule has 2 aliphatic heterocycles. The van der Waals surface area contributed by atoms with E-state index in [0.29, 0.717) is 13.1 Å². The van der Waals surface area contributed by atoms with Gasteiger partial charge in [-0.1, -0.05) is 96.2 Å². The van der Waals surface area contributed by atoms with Crippen LogP contribution < -0.4 is 4.90 Å². The van der Waals surface area contributed by atoms with Crippen molar-refractivity contribution < 1.29 is 24.4 Å². The summed E-state index contributed by atoms with van der Waals surface area (Å²) in [4.78, 5) is 25.4. The molecule has 45 heavy (non-hydrogen) atoms. The van der Waals surface area contributed by atoms with Crippen molar-refractivity contribution in [3.05, 3.63) is 95.7 Å². The summed E-state index contributed by atoms with van der Waals surface area (Å²) in [5.74, 6) is -1.62. The summed E-state index contributed by atoms with van der Waals surface area (Å²) in [5.41, 5.74) is 6.37. The first-order valence-electron chi connectivity index (χ1n) is 16.1. The number of hydrogen-bond donors (Lipinski definition) is 2. The van der Waals surface area contributed by atoms with Crippen LogP contribution in [-0.4, -0.2) is 45.5 Å². The molecule has 0 saturated carbocycles. The molecule has 2 aliphatic rings. The summed E-state index contributed by atoms with van der Waals surface area (Å²) < 4.78 is 2.18. The molecule has 0 aliphatic carbocycles. The van der Waals surface area contributed by atoms with Crippen LogP contribution in [0, 0.1) is 10.8 Å². The van der Waals surface area contributed by atoms with Gasteiger partial charge in [0.2, 0.25) is 5.69 Å². The first-order valence-corrected chi connectivity index (χ1v) is 16.1. The molecule has 0 aromatic heterocycles. The smallest absolute Gasteiger partial charge is 0.309 e. The van der Waals surface area contributed by atoms with Gasteiger partial charge in [-0.15, -0.1) is 0 Å². The largest absolute Gasteiger partial charge is 0.481 e. The van der Waals surface area contributed by atoms with Crippen molar-refractivity contribution >= 4 is 29.0 Å². The standard InChI is InChI=1S/C39H50N2O4/c1-36(2,3)26-38(7)28-16-12-14-18-30(28)40(24-22-34(42)43)32(38)20-10-9-11-21-33-39(8,27-37(4,5)6)29-17-13-15-19-31(29)41(33)25-23-35(44)45/h9-21H,22-27H2,1-8H3,(H-,42,43,44,45)/p+1. The van der Waals surface area contributed by atoms with Gasteiger partial charge in [0, 0.05) is 41.1 Å². The average molecular weight is 612 g/mol. The first-order chi connectivity index (χ1) is 21.0. The molecule has 6 nitrogen and oxygen atoms in total. The number of para-hydroxylation sites is 2. The lowest BCUT2D eigenvalue weighted by Crippen LogP contribution is -2.35. The highest BCUT2D eigenvalue weighted by Crippen LogP contribution is 2.53. The zero-order chi connectivity index (χ0) is 33.2. The molecule has 2 heterocycles. The summed E-state index contributed by atoms with van der Waals surface area (Å²) in [5, 5.41) is 19.1. The van der Waals surface area contributed by atoms with Crippen LogP contribution in [0.2, 0.25) is 0 Å². The van der Waals surface area contributed by atoms with Crippen molar-refractivity contribution in [3.8, 4) is 0 Å². The number of fused-ring (bicyclic) bond motifs is 2. The maximum Gasteiger partial charge on any atom is 0.309 e. The predicted molar refractivity (Wildman–Crippen MR) is 184 cm³/mol. The number of benzene rings is 2. The van der Waals surface area contributed by atoms with E-state index in [-0.39, 0.29) is 34.5 Å². The number of aliphatic carboxylic acids is 2. The molecule has 0 fully saturated rings. The lowest BCUT2D eigenvalue weighted by atomic mass is 9.69. The topological polar surface area (TPSA) is 80.9 Å². The minimum absolute atomic E-state index is 0.0539. The van der Waals surface area contributed by atoms with E-state index < -0.39 is 11.9 Å². The lowest BCUT2D eigenvalue weighted by Gasteiger charge is -2.35. The van der Waals surface area contributed by atoms with Crippen molar-refractivity contribution in [1.29, 1.82) is 0 Å². The highest BCUT2D eigenvalue weighted by atomic mass is 16.4. The Morgan fingerprint density at radius 3 is 1.98 bits per heavy atom. The molecular weight excluding hydrogens is 560 g/mol. The van der Waals surface area contributed by atoms with Crippen molar-refractivity contribution in [1.82, 2.24) is 0 Å². The van der Waals surface area contributed by atoms with Gasteiger partial charge in [0.25, 0.3) is 0 Å². The van der Waals surface area contributed by atoms with E-state index in [1.54, 1.807) is 0 Å². The molecule has 2 unspecified atom stereocenters. The number of carbonyl (C=O) groups is 2. The minimum Gasteiger partial charge on any atom is -0.481 e. The number of nitrogens with zero attached hydrogens (tertiary/aromatic N) is 2. The molecule has 2 atom stereocenters. The molecule has 2 aromatic carbocycles. The molecule has 240 valence electrons. The van der Waals surface area contributed by atoms with Crippen molar-refractivity contribution in [3.63, 3.8) is 0 Å². The minimum atomic E-state index is -0.810.